The van der Waals surface area contributed by atoms with E-state index >= 15 is 0 Å². The van der Waals surface area contributed by atoms with E-state index in [0.717, 1.165) is 19.7 Å². The average Bonchev–Trinajstić information content (AvgIpc) is 2.26. The molecule has 0 amide bonds. The quantitative estimate of drug-likeness (QED) is 0.466. The van der Waals surface area contributed by atoms with Crippen LogP contribution in [0.4, 0.5) is 0 Å². The molecule has 1 N–H and O–H groups in total. The molecule has 0 atom stereocenters. The lowest BCUT2D eigenvalue weighted by Crippen LogP contribution is -2.24. The molecule has 5 nitrogen and oxygen atoms in total. The third-order valence-corrected chi connectivity index (χ3v) is 1.71. The van der Waals surface area contributed by atoms with Gasteiger partial charge in [-0.2, -0.15) is 0 Å². The molecule has 0 aliphatic heterocycles. The number of rotatable bonds is 12. The molecule has 0 saturated carbocycles. The van der Waals surface area contributed by atoms with E-state index in [1.54, 1.807) is 14.2 Å². The monoisotopic (exact) mass is 221 g/mol. The molecule has 0 saturated heterocycles. The van der Waals surface area contributed by atoms with Crippen molar-refractivity contribution in [2.45, 2.75) is 0 Å². The van der Waals surface area contributed by atoms with Crippen LogP contribution < -0.4 is 5.32 Å². The van der Waals surface area contributed by atoms with E-state index in [1.165, 1.54) is 0 Å². The molecule has 0 fully saturated rings. The fourth-order valence-electron chi connectivity index (χ4n) is 0.908. The highest BCUT2D eigenvalue weighted by Crippen LogP contribution is 1.79. The van der Waals surface area contributed by atoms with Crippen LogP contribution in [0.5, 0.6) is 0 Å². The molecular formula is C10H23NO4. The largest absolute Gasteiger partial charge is 0.383 e. The summed E-state index contributed by atoms with van der Waals surface area (Å²) in [5.41, 5.74) is 0. The van der Waals surface area contributed by atoms with Crippen LogP contribution in [0.15, 0.2) is 0 Å². The molecule has 0 aromatic rings. The summed E-state index contributed by atoms with van der Waals surface area (Å²) < 4.78 is 20.3. The lowest BCUT2D eigenvalue weighted by atomic mass is 10.6. The first-order valence-corrected chi connectivity index (χ1v) is 5.26. The smallest absolute Gasteiger partial charge is 0.0701 e. The molecule has 0 radical (unpaired) electrons. The van der Waals surface area contributed by atoms with Crippen molar-refractivity contribution in [2.24, 2.45) is 0 Å². The van der Waals surface area contributed by atoms with Crippen molar-refractivity contribution >= 4 is 0 Å². The van der Waals surface area contributed by atoms with Crippen molar-refractivity contribution in [1.29, 1.82) is 0 Å². The molecule has 0 spiro atoms. The molecule has 0 aliphatic rings. The Bertz CT molecular complexity index is 102. The lowest BCUT2D eigenvalue weighted by Gasteiger charge is -2.06. The van der Waals surface area contributed by atoms with Gasteiger partial charge >= 0.3 is 0 Å². The van der Waals surface area contributed by atoms with Gasteiger partial charge in [0.1, 0.15) is 0 Å². The van der Waals surface area contributed by atoms with Gasteiger partial charge < -0.3 is 24.3 Å². The second-order valence-electron chi connectivity index (χ2n) is 2.96. The van der Waals surface area contributed by atoms with Crippen LogP contribution in [0.3, 0.4) is 0 Å². The molecule has 0 rings (SSSR count). The van der Waals surface area contributed by atoms with Crippen molar-refractivity contribution in [1.82, 2.24) is 5.32 Å². The van der Waals surface area contributed by atoms with E-state index in [4.69, 9.17) is 18.9 Å². The molecule has 0 aromatic heterocycles. The van der Waals surface area contributed by atoms with Crippen molar-refractivity contribution < 1.29 is 18.9 Å². The molecule has 15 heavy (non-hydrogen) atoms. The zero-order valence-corrected chi connectivity index (χ0v) is 9.79. The van der Waals surface area contributed by atoms with Gasteiger partial charge in [0.2, 0.25) is 0 Å². The Labute approximate surface area is 92.0 Å². The van der Waals surface area contributed by atoms with Crippen LogP contribution >= 0.6 is 0 Å². The Morgan fingerprint density at radius 1 is 0.667 bits per heavy atom. The summed E-state index contributed by atoms with van der Waals surface area (Å²) in [4.78, 5) is 0. The number of hydrogen-bond acceptors (Lipinski definition) is 5. The van der Waals surface area contributed by atoms with Crippen molar-refractivity contribution in [2.75, 3.05) is 67.0 Å². The first-order valence-electron chi connectivity index (χ1n) is 5.26. The fraction of sp³-hybridized carbons (Fsp3) is 1.00. The minimum atomic E-state index is 0.626. The maximum atomic E-state index is 5.32. The summed E-state index contributed by atoms with van der Waals surface area (Å²) in [7, 11) is 3.35. The molecule has 0 heterocycles. The Hall–Kier alpha value is -0.200. The Morgan fingerprint density at radius 2 is 1.20 bits per heavy atom. The van der Waals surface area contributed by atoms with Crippen LogP contribution in [0.25, 0.3) is 0 Å². The highest BCUT2D eigenvalue weighted by molar-refractivity contribution is 4.44. The first kappa shape index (κ1) is 14.8. The number of hydrogen-bond donors (Lipinski definition) is 1. The van der Waals surface area contributed by atoms with E-state index in [0.29, 0.717) is 33.0 Å². The van der Waals surface area contributed by atoms with Crippen molar-refractivity contribution in [3.63, 3.8) is 0 Å². The van der Waals surface area contributed by atoms with Gasteiger partial charge in [-0.3, -0.25) is 0 Å². The third-order valence-electron chi connectivity index (χ3n) is 1.71. The fourth-order valence-corrected chi connectivity index (χ4v) is 0.908. The van der Waals surface area contributed by atoms with Crippen molar-refractivity contribution in [3.05, 3.63) is 0 Å². The predicted octanol–water partition coefficient (Wildman–Crippen LogP) is -0.0980. The molecule has 92 valence electrons. The second kappa shape index (κ2) is 13.8. The third kappa shape index (κ3) is 13.8. The van der Waals surface area contributed by atoms with Crippen LogP contribution in [-0.2, 0) is 18.9 Å². The maximum Gasteiger partial charge on any atom is 0.0701 e. The van der Waals surface area contributed by atoms with Crippen molar-refractivity contribution in [3.8, 4) is 0 Å². The highest BCUT2D eigenvalue weighted by atomic mass is 16.5. The number of nitrogens with one attached hydrogen (secondary N) is 1. The summed E-state index contributed by atoms with van der Waals surface area (Å²) in [6.45, 7) is 5.69. The molecule has 0 bridgehead atoms. The van der Waals surface area contributed by atoms with E-state index in [-0.39, 0.29) is 0 Å². The summed E-state index contributed by atoms with van der Waals surface area (Å²) in [6, 6.07) is 0. The molecule has 5 heteroatoms. The molecule has 0 aromatic carbocycles. The van der Waals surface area contributed by atoms with E-state index in [2.05, 4.69) is 5.32 Å². The van der Waals surface area contributed by atoms with Gasteiger partial charge in [-0.1, -0.05) is 0 Å². The van der Waals surface area contributed by atoms with Crippen LogP contribution in [0.2, 0.25) is 0 Å². The van der Waals surface area contributed by atoms with Crippen LogP contribution in [0.1, 0.15) is 0 Å². The van der Waals surface area contributed by atoms with E-state index in [1.807, 2.05) is 0 Å². The van der Waals surface area contributed by atoms with Gasteiger partial charge in [0.15, 0.2) is 0 Å². The summed E-state index contributed by atoms with van der Waals surface area (Å²) in [6.07, 6.45) is 0. The standard InChI is InChI=1S/C10H23NO4/c1-12-5-3-11-4-6-14-9-10-15-8-7-13-2/h11H,3-10H2,1-2H3. The maximum absolute atomic E-state index is 5.32. The Kier molecular flexibility index (Phi) is 13.6. The molecule has 0 unspecified atom stereocenters. The summed E-state index contributed by atoms with van der Waals surface area (Å²) in [5, 5.41) is 3.19. The van der Waals surface area contributed by atoms with Crippen LogP contribution in [0, 0.1) is 0 Å². The van der Waals surface area contributed by atoms with Crippen LogP contribution in [-0.4, -0.2) is 67.0 Å². The van der Waals surface area contributed by atoms with E-state index in [9.17, 15) is 0 Å². The topological polar surface area (TPSA) is 49.0 Å². The van der Waals surface area contributed by atoms with Gasteiger partial charge in [0.25, 0.3) is 0 Å². The summed E-state index contributed by atoms with van der Waals surface area (Å²) >= 11 is 0. The normalized spacial score (nSPS) is 10.8. The molecular weight excluding hydrogens is 198 g/mol. The minimum absolute atomic E-state index is 0.626. The zero-order valence-electron chi connectivity index (χ0n) is 9.79. The lowest BCUT2D eigenvalue weighted by molar-refractivity contribution is 0.0254. The Morgan fingerprint density at radius 3 is 1.87 bits per heavy atom. The number of ether oxygens (including phenoxy) is 4. The first-order chi connectivity index (χ1) is 7.41. The van der Waals surface area contributed by atoms with Gasteiger partial charge in [-0.05, 0) is 0 Å². The van der Waals surface area contributed by atoms with Gasteiger partial charge in [0, 0.05) is 27.3 Å². The second-order valence-corrected chi connectivity index (χ2v) is 2.96. The highest BCUT2D eigenvalue weighted by Gasteiger charge is 1.90. The van der Waals surface area contributed by atoms with E-state index < -0.39 is 0 Å². The molecule has 0 aliphatic carbocycles. The Balaban J connectivity index is 2.81. The SMILES string of the molecule is COCCNCCOCCOCCOC. The van der Waals surface area contributed by atoms with Gasteiger partial charge in [0.05, 0.1) is 39.6 Å². The minimum Gasteiger partial charge on any atom is -0.383 e. The number of methoxy groups -OCH3 is 2. The van der Waals surface area contributed by atoms with Gasteiger partial charge in [-0.15, -0.1) is 0 Å². The average molecular weight is 221 g/mol. The summed E-state index contributed by atoms with van der Waals surface area (Å²) in [5.74, 6) is 0. The predicted molar refractivity (Wildman–Crippen MR) is 58.3 cm³/mol. The van der Waals surface area contributed by atoms with Gasteiger partial charge in [-0.25, -0.2) is 0 Å². The zero-order chi connectivity index (χ0) is 11.2.